The lowest BCUT2D eigenvalue weighted by Crippen LogP contribution is -2.36. The van der Waals surface area contributed by atoms with Gasteiger partial charge in [0, 0.05) is 37.4 Å². The van der Waals surface area contributed by atoms with Gasteiger partial charge in [-0.05, 0) is 19.1 Å². The number of nitrogens with zero attached hydrogens (tertiary/aromatic N) is 2. The van der Waals surface area contributed by atoms with Gasteiger partial charge < -0.3 is 14.7 Å². The Bertz CT molecular complexity index is 546. The van der Waals surface area contributed by atoms with Crippen molar-refractivity contribution < 1.29 is 19.6 Å². The van der Waals surface area contributed by atoms with E-state index in [-0.39, 0.29) is 11.8 Å². The molecule has 1 fully saturated rings. The van der Waals surface area contributed by atoms with Gasteiger partial charge in [-0.1, -0.05) is 0 Å². The summed E-state index contributed by atoms with van der Waals surface area (Å²) < 4.78 is 5.22. The summed E-state index contributed by atoms with van der Waals surface area (Å²) in [5.41, 5.74) is 1.21. The Morgan fingerprint density at radius 2 is 2.25 bits per heavy atom. The van der Waals surface area contributed by atoms with Gasteiger partial charge in [-0.25, -0.2) is 4.79 Å². The number of nitro benzene ring substituents is 1. The Morgan fingerprint density at radius 3 is 2.75 bits per heavy atom. The minimum atomic E-state index is -0.916. The Morgan fingerprint density at radius 1 is 1.55 bits per heavy atom. The number of anilines is 1. The molecule has 0 spiro atoms. The zero-order chi connectivity index (χ0) is 14.9. The van der Waals surface area contributed by atoms with Gasteiger partial charge in [0.05, 0.1) is 11.0 Å². The molecule has 0 aliphatic carbocycles. The van der Waals surface area contributed by atoms with Crippen molar-refractivity contribution in [3.63, 3.8) is 0 Å². The normalized spacial score (nSPS) is 22.0. The first kappa shape index (κ1) is 14.3. The second kappa shape index (κ2) is 5.46. The SMILES string of the molecule is COC1CC(C(=O)O)N(c2ccc([N+](=O)[O-])c(C)c2)C1. The van der Waals surface area contributed by atoms with Crippen molar-refractivity contribution in [1.82, 2.24) is 0 Å². The predicted molar refractivity (Wildman–Crippen MR) is 72.0 cm³/mol. The Hall–Kier alpha value is -2.15. The van der Waals surface area contributed by atoms with Crippen LogP contribution in [-0.4, -0.2) is 41.8 Å². The molecule has 108 valence electrons. The number of carboxylic acids is 1. The number of benzene rings is 1. The van der Waals surface area contributed by atoms with Crippen LogP contribution in [0.25, 0.3) is 0 Å². The van der Waals surface area contributed by atoms with Crippen molar-refractivity contribution in [1.29, 1.82) is 0 Å². The van der Waals surface area contributed by atoms with Crippen molar-refractivity contribution in [3.05, 3.63) is 33.9 Å². The van der Waals surface area contributed by atoms with E-state index in [0.717, 1.165) is 0 Å². The zero-order valence-corrected chi connectivity index (χ0v) is 11.3. The number of ether oxygens (including phenoxy) is 1. The highest BCUT2D eigenvalue weighted by Crippen LogP contribution is 2.30. The Kier molecular flexibility index (Phi) is 3.89. The van der Waals surface area contributed by atoms with Gasteiger partial charge >= 0.3 is 5.97 Å². The van der Waals surface area contributed by atoms with Crippen molar-refractivity contribution in [3.8, 4) is 0 Å². The summed E-state index contributed by atoms with van der Waals surface area (Å²) in [5.74, 6) is -0.916. The van der Waals surface area contributed by atoms with Crippen molar-refractivity contribution in [2.45, 2.75) is 25.5 Å². The number of carbonyl (C=O) groups is 1. The fraction of sp³-hybridized carbons (Fsp3) is 0.462. The van der Waals surface area contributed by atoms with E-state index in [0.29, 0.717) is 24.2 Å². The van der Waals surface area contributed by atoms with Crippen molar-refractivity contribution in [2.75, 3.05) is 18.6 Å². The molecule has 1 heterocycles. The lowest BCUT2D eigenvalue weighted by atomic mass is 10.1. The summed E-state index contributed by atoms with van der Waals surface area (Å²) in [5, 5.41) is 20.1. The third-order valence-electron chi connectivity index (χ3n) is 3.59. The van der Waals surface area contributed by atoms with E-state index in [1.165, 1.54) is 6.07 Å². The third-order valence-corrected chi connectivity index (χ3v) is 3.59. The van der Waals surface area contributed by atoms with Crippen LogP contribution in [0.2, 0.25) is 0 Å². The first-order valence-electron chi connectivity index (χ1n) is 6.21. The standard InChI is InChI=1S/C13H16N2O5/c1-8-5-9(3-4-11(8)15(18)19)14-7-10(20-2)6-12(14)13(16)17/h3-5,10,12H,6-7H2,1-2H3,(H,16,17). The molecule has 2 unspecified atom stereocenters. The maximum absolute atomic E-state index is 11.3. The average molecular weight is 280 g/mol. The molecule has 0 amide bonds. The van der Waals surface area contributed by atoms with E-state index < -0.39 is 16.9 Å². The molecule has 0 saturated carbocycles. The summed E-state index contributed by atoms with van der Waals surface area (Å²) in [6, 6.07) is 3.97. The lowest BCUT2D eigenvalue weighted by Gasteiger charge is -2.23. The van der Waals surface area contributed by atoms with Crippen LogP contribution in [0.15, 0.2) is 18.2 Å². The third kappa shape index (κ3) is 2.57. The highest BCUT2D eigenvalue weighted by Gasteiger charge is 2.37. The molecule has 0 radical (unpaired) electrons. The van der Waals surface area contributed by atoms with E-state index in [9.17, 15) is 20.0 Å². The van der Waals surface area contributed by atoms with Crippen LogP contribution < -0.4 is 4.90 Å². The van der Waals surface area contributed by atoms with Crippen LogP contribution in [-0.2, 0) is 9.53 Å². The molecule has 20 heavy (non-hydrogen) atoms. The van der Waals surface area contributed by atoms with Crippen molar-refractivity contribution >= 4 is 17.3 Å². The number of nitro groups is 1. The lowest BCUT2D eigenvalue weighted by molar-refractivity contribution is -0.385. The van der Waals surface area contributed by atoms with Gasteiger partial charge in [0.1, 0.15) is 6.04 Å². The first-order valence-corrected chi connectivity index (χ1v) is 6.21. The van der Waals surface area contributed by atoms with Gasteiger partial charge in [-0.15, -0.1) is 0 Å². The molecule has 2 rings (SSSR count). The van der Waals surface area contributed by atoms with E-state index in [1.807, 2.05) is 0 Å². The molecule has 0 aromatic heterocycles. The number of aryl methyl sites for hydroxylation is 1. The smallest absolute Gasteiger partial charge is 0.326 e. The number of hydrogen-bond donors (Lipinski definition) is 1. The van der Waals surface area contributed by atoms with Gasteiger partial charge in [-0.3, -0.25) is 10.1 Å². The molecule has 1 aromatic carbocycles. The molecule has 0 bridgehead atoms. The van der Waals surface area contributed by atoms with Crippen LogP contribution in [0.3, 0.4) is 0 Å². The predicted octanol–water partition coefficient (Wildman–Crippen LogP) is 1.58. The molecular formula is C13H16N2O5. The molecule has 7 heteroatoms. The van der Waals surface area contributed by atoms with Crippen LogP contribution in [0.4, 0.5) is 11.4 Å². The summed E-state index contributed by atoms with van der Waals surface area (Å²) >= 11 is 0. The van der Waals surface area contributed by atoms with E-state index in [2.05, 4.69) is 0 Å². The van der Waals surface area contributed by atoms with Crippen LogP contribution >= 0.6 is 0 Å². The van der Waals surface area contributed by atoms with Crippen LogP contribution in [0.5, 0.6) is 0 Å². The molecule has 1 aromatic rings. The molecule has 1 aliphatic rings. The van der Waals surface area contributed by atoms with Gasteiger partial charge in [-0.2, -0.15) is 0 Å². The zero-order valence-electron chi connectivity index (χ0n) is 11.3. The molecule has 1 N–H and O–H groups in total. The molecule has 1 saturated heterocycles. The van der Waals surface area contributed by atoms with Crippen LogP contribution in [0, 0.1) is 17.0 Å². The highest BCUT2D eigenvalue weighted by atomic mass is 16.6. The molecule has 2 atom stereocenters. The Labute approximate surface area is 115 Å². The maximum Gasteiger partial charge on any atom is 0.326 e. The van der Waals surface area contributed by atoms with Gasteiger partial charge in [0.25, 0.3) is 5.69 Å². The average Bonchev–Trinajstić information content (AvgIpc) is 2.82. The molecule has 1 aliphatic heterocycles. The van der Waals surface area contributed by atoms with Crippen LogP contribution in [0.1, 0.15) is 12.0 Å². The summed E-state index contributed by atoms with van der Waals surface area (Å²) in [7, 11) is 1.55. The van der Waals surface area contributed by atoms with Gasteiger partial charge in [0.15, 0.2) is 0 Å². The number of methoxy groups -OCH3 is 1. The second-order valence-electron chi connectivity index (χ2n) is 4.83. The number of hydrogen-bond acceptors (Lipinski definition) is 5. The molecular weight excluding hydrogens is 264 g/mol. The quantitative estimate of drug-likeness (QED) is 0.665. The topological polar surface area (TPSA) is 92.9 Å². The molecule has 7 nitrogen and oxygen atoms in total. The highest BCUT2D eigenvalue weighted by molar-refractivity contribution is 5.79. The fourth-order valence-corrected chi connectivity index (χ4v) is 2.51. The maximum atomic E-state index is 11.3. The second-order valence-corrected chi connectivity index (χ2v) is 4.83. The summed E-state index contributed by atoms with van der Waals surface area (Å²) in [4.78, 5) is 23.4. The van der Waals surface area contributed by atoms with E-state index >= 15 is 0 Å². The summed E-state index contributed by atoms with van der Waals surface area (Å²) in [6.07, 6.45) is 0.258. The largest absolute Gasteiger partial charge is 0.480 e. The minimum Gasteiger partial charge on any atom is -0.480 e. The van der Waals surface area contributed by atoms with E-state index in [4.69, 9.17) is 4.74 Å². The first-order chi connectivity index (χ1) is 9.43. The fourth-order valence-electron chi connectivity index (χ4n) is 2.51. The minimum absolute atomic E-state index is 0.0307. The number of carboxylic acid groups (broad SMARTS) is 1. The Balaban J connectivity index is 2.32. The number of rotatable bonds is 4. The summed E-state index contributed by atoms with van der Waals surface area (Å²) in [6.45, 7) is 2.10. The van der Waals surface area contributed by atoms with E-state index in [1.54, 1.807) is 31.1 Å². The van der Waals surface area contributed by atoms with Crippen molar-refractivity contribution in [2.24, 2.45) is 0 Å². The number of aliphatic carboxylic acids is 1. The monoisotopic (exact) mass is 280 g/mol. The van der Waals surface area contributed by atoms with Gasteiger partial charge in [0.2, 0.25) is 0 Å².